The van der Waals surface area contributed by atoms with Crippen LogP contribution in [0.15, 0.2) is 66.9 Å². The second-order valence-corrected chi connectivity index (χ2v) is 8.89. The van der Waals surface area contributed by atoms with Crippen LogP contribution in [0.2, 0.25) is 0 Å². The van der Waals surface area contributed by atoms with Gasteiger partial charge in [0.1, 0.15) is 5.54 Å². The Morgan fingerprint density at radius 3 is 2.13 bits per heavy atom. The summed E-state index contributed by atoms with van der Waals surface area (Å²) in [4.78, 5) is 27.9. The zero-order valence-electron chi connectivity index (χ0n) is 17.2. The Kier molecular flexibility index (Phi) is 4.03. The molecule has 6 rings (SSSR count). The number of para-hydroxylation sites is 1. The third kappa shape index (κ3) is 2.97. The average molecular weight is 412 g/mol. The molecule has 0 spiro atoms. The predicted molar refractivity (Wildman–Crippen MR) is 116 cm³/mol. The van der Waals surface area contributed by atoms with Gasteiger partial charge in [-0.1, -0.05) is 48.5 Å². The van der Waals surface area contributed by atoms with E-state index in [1.54, 1.807) is 0 Å². The molecule has 1 N–H and O–H groups in total. The average Bonchev–Trinajstić information content (AvgIpc) is 3.74. The number of carbonyl (C=O) groups excluding carboxylic acids is 2. The van der Waals surface area contributed by atoms with E-state index in [0.717, 1.165) is 48.2 Å². The van der Waals surface area contributed by atoms with Gasteiger partial charge in [0.05, 0.1) is 17.9 Å². The third-order valence-corrected chi connectivity index (χ3v) is 6.79. The van der Waals surface area contributed by atoms with Crippen molar-refractivity contribution >= 4 is 11.9 Å². The minimum atomic E-state index is -0.667. The molecule has 2 aromatic carbocycles. The molecule has 1 aromatic heterocycles. The number of nitrogens with one attached hydrogen (secondary N) is 1. The lowest BCUT2D eigenvalue weighted by Gasteiger charge is -2.26. The van der Waals surface area contributed by atoms with Crippen LogP contribution < -0.4 is 5.32 Å². The number of benzene rings is 2. The van der Waals surface area contributed by atoms with Crippen LogP contribution in [0.3, 0.4) is 0 Å². The molecule has 6 heteroatoms. The van der Waals surface area contributed by atoms with Crippen molar-refractivity contribution in [1.82, 2.24) is 20.0 Å². The van der Waals surface area contributed by atoms with Crippen LogP contribution >= 0.6 is 0 Å². The van der Waals surface area contributed by atoms with Gasteiger partial charge in [-0.15, -0.1) is 0 Å². The maximum Gasteiger partial charge on any atom is 0.325 e. The highest BCUT2D eigenvalue weighted by atomic mass is 16.2. The Morgan fingerprint density at radius 2 is 1.52 bits per heavy atom. The van der Waals surface area contributed by atoms with Crippen molar-refractivity contribution in [2.45, 2.75) is 37.8 Å². The molecule has 0 atom stereocenters. The largest absolute Gasteiger partial charge is 0.325 e. The standard InChI is InChI=1S/C25H24N4O2/c30-23-25(19-11-12-19,20-13-14-20)26-24(31)28(23)15-18-16-29(21-9-5-2-6-10-21)27-22(18)17-7-3-1-4-8-17/h1-10,16,19-20H,11-15H2,(H,26,31). The minimum absolute atomic E-state index is 0.0472. The molecule has 2 heterocycles. The number of urea groups is 1. The molecule has 3 aromatic rings. The number of hydrogen-bond donors (Lipinski definition) is 1. The van der Waals surface area contributed by atoms with E-state index in [1.807, 2.05) is 71.5 Å². The van der Waals surface area contributed by atoms with E-state index in [2.05, 4.69) is 5.32 Å². The summed E-state index contributed by atoms with van der Waals surface area (Å²) in [6.45, 7) is 0.225. The Labute approximate surface area is 180 Å². The highest BCUT2D eigenvalue weighted by Gasteiger charge is 2.65. The van der Waals surface area contributed by atoms with Gasteiger partial charge in [-0.05, 0) is 49.7 Å². The molecular formula is C25H24N4O2. The van der Waals surface area contributed by atoms with Gasteiger partial charge in [-0.25, -0.2) is 9.48 Å². The van der Waals surface area contributed by atoms with E-state index in [-0.39, 0.29) is 18.5 Å². The molecule has 2 aliphatic carbocycles. The van der Waals surface area contributed by atoms with Crippen molar-refractivity contribution in [2.75, 3.05) is 0 Å². The Balaban J connectivity index is 1.38. The van der Waals surface area contributed by atoms with Crippen LogP contribution in [0.5, 0.6) is 0 Å². The summed E-state index contributed by atoms with van der Waals surface area (Å²) >= 11 is 0. The lowest BCUT2D eigenvalue weighted by atomic mass is 9.87. The van der Waals surface area contributed by atoms with Crippen molar-refractivity contribution in [2.24, 2.45) is 11.8 Å². The van der Waals surface area contributed by atoms with Gasteiger partial charge in [0.15, 0.2) is 0 Å². The summed E-state index contributed by atoms with van der Waals surface area (Å²) in [5, 5.41) is 7.94. The number of amides is 3. The first-order chi connectivity index (χ1) is 15.2. The molecule has 2 saturated carbocycles. The predicted octanol–water partition coefficient (Wildman–Crippen LogP) is 4.15. The van der Waals surface area contributed by atoms with E-state index in [1.165, 1.54) is 4.90 Å². The normalized spacial score (nSPS) is 20.2. The van der Waals surface area contributed by atoms with Crippen LogP contribution in [0.4, 0.5) is 4.79 Å². The molecule has 0 bridgehead atoms. The van der Waals surface area contributed by atoms with Crippen LogP contribution in [0.25, 0.3) is 16.9 Å². The first-order valence-corrected chi connectivity index (χ1v) is 11.0. The second-order valence-electron chi connectivity index (χ2n) is 8.89. The molecule has 6 nitrogen and oxygen atoms in total. The highest BCUT2D eigenvalue weighted by Crippen LogP contribution is 2.54. The van der Waals surface area contributed by atoms with Crippen LogP contribution in [0.1, 0.15) is 31.2 Å². The number of carbonyl (C=O) groups is 2. The topological polar surface area (TPSA) is 67.2 Å². The van der Waals surface area contributed by atoms with Crippen LogP contribution in [0, 0.1) is 11.8 Å². The fraction of sp³-hybridized carbons (Fsp3) is 0.320. The maximum atomic E-state index is 13.5. The van der Waals surface area contributed by atoms with Gasteiger partial charge in [-0.2, -0.15) is 5.10 Å². The Hall–Kier alpha value is -3.41. The smallest absolute Gasteiger partial charge is 0.323 e. The van der Waals surface area contributed by atoms with Crippen LogP contribution in [-0.2, 0) is 11.3 Å². The summed E-state index contributed by atoms with van der Waals surface area (Å²) in [6.07, 6.45) is 6.04. The number of aromatic nitrogens is 2. The molecule has 1 saturated heterocycles. The van der Waals surface area contributed by atoms with Gasteiger partial charge >= 0.3 is 6.03 Å². The summed E-state index contributed by atoms with van der Waals surface area (Å²) in [5.74, 6) is 0.540. The number of rotatable bonds is 6. The number of nitrogens with zero attached hydrogens (tertiary/aromatic N) is 3. The van der Waals surface area contributed by atoms with Crippen molar-refractivity contribution < 1.29 is 9.59 Å². The fourth-order valence-corrected chi connectivity index (χ4v) is 4.97. The molecule has 31 heavy (non-hydrogen) atoms. The molecule has 156 valence electrons. The third-order valence-electron chi connectivity index (χ3n) is 6.79. The first-order valence-electron chi connectivity index (χ1n) is 11.0. The molecule has 0 radical (unpaired) electrons. The van der Waals surface area contributed by atoms with E-state index in [9.17, 15) is 9.59 Å². The molecule has 3 fully saturated rings. The quantitative estimate of drug-likeness (QED) is 0.619. The highest BCUT2D eigenvalue weighted by molar-refractivity contribution is 6.08. The van der Waals surface area contributed by atoms with Gasteiger partial charge in [0.2, 0.25) is 0 Å². The zero-order valence-corrected chi connectivity index (χ0v) is 17.2. The van der Waals surface area contributed by atoms with Crippen molar-refractivity contribution in [3.63, 3.8) is 0 Å². The van der Waals surface area contributed by atoms with Gasteiger partial charge in [0.25, 0.3) is 5.91 Å². The van der Waals surface area contributed by atoms with Crippen LogP contribution in [-0.4, -0.2) is 32.2 Å². The molecule has 0 unspecified atom stereocenters. The molecular weight excluding hydrogens is 388 g/mol. The SMILES string of the molecule is O=C1NC(C2CC2)(C2CC2)C(=O)N1Cc1cn(-c2ccccc2)nc1-c1ccccc1. The summed E-state index contributed by atoms with van der Waals surface area (Å²) in [6, 6.07) is 19.5. The second kappa shape index (κ2) is 6.80. The number of imide groups is 1. The molecule has 3 amide bonds. The van der Waals surface area contributed by atoms with E-state index in [4.69, 9.17) is 5.10 Å². The van der Waals surface area contributed by atoms with Crippen molar-refractivity contribution in [3.8, 4) is 16.9 Å². The summed E-state index contributed by atoms with van der Waals surface area (Å²) in [5.41, 5.74) is 2.89. The zero-order chi connectivity index (χ0) is 21.0. The van der Waals surface area contributed by atoms with Gasteiger partial charge in [-0.3, -0.25) is 9.69 Å². The number of hydrogen-bond acceptors (Lipinski definition) is 3. The lowest BCUT2D eigenvalue weighted by molar-refractivity contribution is -0.133. The van der Waals surface area contributed by atoms with Crippen molar-refractivity contribution in [3.05, 3.63) is 72.4 Å². The molecule has 3 aliphatic rings. The Bertz CT molecular complexity index is 1130. The maximum absolute atomic E-state index is 13.5. The van der Waals surface area contributed by atoms with E-state index >= 15 is 0 Å². The van der Waals surface area contributed by atoms with Gasteiger partial charge in [0, 0.05) is 17.3 Å². The van der Waals surface area contributed by atoms with Crippen molar-refractivity contribution in [1.29, 1.82) is 0 Å². The summed E-state index contributed by atoms with van der Waals surface area (Å²) in [7, 11) is 0. The van der Waals surface area contributed by atoms with Gasteiger partial charge < -0.3 is 5.32 Å². The monoisotopic (exact) mass is 412 g/mol. The summed E-state index contributed by atoms with van der Waals surface area (Å²) < 4.78 is 1.82. The fourth-order valence-electron chi connectivity index (χ4n) is 4.97. The van der Waals surface area contributed by atoms with E-state index in [0.29, 0.717) is 11.8 Å². The lowest BCUT2D eigenvalue weighted by Crippen LogP contribution is -2.51. The molecule has 1 aliphatic heterocycles. The van der Waals surface area contributed by atoms with E-state index < -0.39 is 5.54 Å². The minimum Gasteiger partial charge on any atom is -0.323 e. The Morgan fingerprint density at radius 1 is 0.903 bits per heavy atom. The first kappa shape index (κ1) is 18.4.